The van der Waals surface area contributed by atoms with Crippen LogP contribution in [-0.4, -0.2) is 28.4 Å². The normalized spacial score (nSPS) is 12.1. The van der Waals surface area contributed by atoms with E-state index in [1.807, 2.05) is 0 Å². The number of rotatable bonds is 5. The summed E-state index contributed by atoms with van der Waals surface area (Å²) in [4.78, 5) is 3.53. The molecule has 6 nitrogen and oxygen atoms in total. The highest BCUT2D eigenvalue weighted by Gasteiger charge is 2.28. The van der Waals surface area contributed by atoms with Crippen molar-refractivity contribution in [3.63, 3.8) is 0 Å². The van der Waals surface area contributed by atoms with Gasteiger partial charge in [0.2, 0.25) is 0 Å². The monoisotopic (exact) mass is 438 g/mol. The fraction of sp³-hybridized carbons (Fsp3) is 0.154. The average Bonchev–Trinajstić information content (AvgIpc) is 2.47. The highest BCUT2D eigenvalue weighted by Crippen LogP contribution is 2.30. The van der Waals surface area contributed by atoms with E-state index >= 15 is 0 Å². The predicted octanol–water partition coefficient (Wildman–Crippen LogP) is 2.99. The number of sulfonamides is 1. The molecule has 1 aromatic carbocycles. The molecule has 10 heteroatoms. The highest BCUT2D eigenvalue weighted by atomic mass is 79.9. The molecule has 2 rings (SSSR count). The molecule has 0 saturated heterocycles. The van der Waals surface area contributed by atoms with E-state index in [1.165, 1.54) is 18.3 Å². The predicted molar refractivity (Wildman–Crippen MR) is 91.6 cm³/mol. The summed E-state index contributed by atoms with van der Waals surface area (Å²) in [6, 6.07) is 8.46. The summed E-state index contributed by atoms with van der Waals surface area (Å²) in [5.41, 5.74) is 0. The first-order valence-corrected chi connectivity index (χ1v) is 10.9. The van der Waals surface area contributed by atoms with Crippen LogP contribution in [0.3, 0.4) is 0 Å². The zero-order chi connectivity index (χ0) is 17.3. The number of aromatic nitrogens is 1. The largest absolute Gasteiger partial charge is 0.266 e. The summed E-state index contributed by atoms with van der Waals surface area (Å²) in [6.07, 6.45) is 1.47. The van der Waals surface area contributed by atoms with E-state index in [9.17, 15) is 16.8 Å². The molecule has 0 radical (unpaired) electrons. The van der Waals surface area contributed by atoms with Gasteiger partial charge in [-0.1, -0.05) is 6.07 Å². The molecule has 0 atom stereocenters. The number of pyridine rings is 1. The summed E-state index contributed by atoms with van der Waals surface area (Å²) in [7, 11) is -2.76. The lowest BCUT2D eigenvalue weighted by molar-refractivity contribution is 0.590. The standard InChI is InChI=1S/C13H12BrClN2O4S2/c1-2-17(13-5-3-4-8-16-13)23(20,21)12-9-10(22(15,18)19)6-7-11(12)14/h3-9H,2H2,1H3. The molecule has 0 aliphatic carbocycles. The summed E-state index contributed by atoms with van der Waals surface area (Å²) < 4.78 is 50.0. The van der Waals surface area contributed by atoms with Gasteiger partial charge in [-0.15, -0.1) is 0 Å². The molecule has 23 heavy (non-hydrogen) atoms. The fourth-order valence-electron chi connectivity index (χ4n) is 1.91. The van der Waals surface area contributed by atoms with Gasteiger partial charge in [0.1, 0.15) is 10.7 Å². The van der Waals surface area contributed by atoms with E-state index in [1.54, 1.807) is 25.1 Å². The maximum absolute atomic E-state index is 12.9. The van der Waals surface area contributed by atoms with Gasteiger partial charge in [0.15, 0.2) is 0 Å². The van der Waals surface area contributed by atoms with Crippen LogP contribution in [0.25, 0.3) is 0 Å². The topological polar surface area (TPSA) is 84.4 Å². The van der Waals surface area contributed by atoms with Crippen LogP contribution in [0.4, 0.5) is 5.82 Å². The van der Waals surface area contributed by atoms with Crippen molar-refractivity contribution in [1.29, 1.82) is 0 Å². The molecule has 2 aromatic rings. The summed E-state index contributed by atoms with van der Waals surface area (Å²) in [5, 5.41) is 0. The third kappa shape index (κ3) is 3.85. The number of hydrogen-bond donors (Lipinski definition) is 0. The molecule has 124 valence electrons. The summed E-state index contributed by atoms with van der Waals surface area (Å²) in [6.45, 7) is 1.78. The van der Waals surface area contributed by atoms with Crippen molar-refractivity contribution in [2.24, 2.45) is 0 Å². The lowest BCUT2D eigenvalue weighted by atomic mass is 10.4. The van der Waals surface area contributed by atoms with Crippen LogP contribution in [0.1, 0.15) is 6.92 Å². The van der Waals surface area contributed by atoms with Crippen molar-refractivity contribution in [2.75, 3.05) is 10.8 Å². The second-order valence-electron chi connectivity index (χ2n) is 4.39. The minimum Gasteiger partial charge on any atom is -0.250 e. The Balaban J connectivity index is 2.63. The van der Waals surface area contributed by atoms with Crippen LogP contribution in [-0.2, 0) is 19.1 Å². The van der Waals surface area contributed by atoms with E-state index in [2.05, 4.69) is 20.9 Å². The van der Waals surface area contributed by atoms with Crippen LogP contribution >= 0.6 is 26.6 Å². The van der Waals surface area contributed by atoms with Gasteiger partial charge < -0.3 is 0 Å². The quantitative estimate of drug-likeness (QED) is 0.669. The molecule has 0 spiro atoms. The molecular weight excluding hydrogens is 428 g/mol. The maximum atomic E-state index is 12.9. The number of hydrogen-bond acceptors (Lipinski definition) is 5. The Bertz CT molecular complexity index is 918. The number of halogens is 2. The number of nitrogens with zero attached hydrogens (tertiary/aromatic N) is 2. The second kappa shape index (κ2) is 6.76. The van der Waals surface area contributed by atoms with E-state index in [-0.39, 0.29) is 26.6 Å². The Morgan fingerprint density at radius 3 is 2.39 bits per heavy atom. The Kier molecular flexibility index (Phi) is 5.34. The maximum Gasteiger partial charge on any atom is 0.266 e. The molecule has 1 heterocycles. The van der Waals surface area contributed by atoms with Gasteiger partial charge >= 0.3 is 0 Å². The van der Waals surface area contributed by atoms with Crippen LogP contribution in [0.2, 0.25) is 0 Å². The van der Waals surface area contributed by atoms with Crippen molar-refractivity contribution in [3.05, 3.63) is 47.1 Å². The van der Waals surface area contributed by atoms with Crippen molar-refractivity contribution in [3.8, 4) is 0 Å². The lowest BCUT2D eigenvalue weighted by Gasteiger charge is -2.22. The third-order valence-electron chi connectivity index (χ3n) is 2.94. The molecular formula is C13H12BrClN2O4S2. The van der Waals surface area contributed by atoms with Crippen molar-refractivity contribution < 1.29 is 16.8 Å². The average molecular weight is 440 g/mol. The number of benzene rings is 1. The van der Waals surface area contributed by atoms with E-state index < -0.39 is 19.1 Å². The Morgan fingerprint density at radius 1 is 1.17 bits per heavy atom. The van der Waals surface area contributed by atoms with Crippen LogP contribution in [0, 0.1) is 0 Å². The summed E-state index contributed by atoms with van der Waals surface area (Å²) in [5.74, 6) is 0.237. The molecule has 0 amide bonds. The van der Waals surface area contributed by atoms with Gasteiger partial charge in [0.25, 0.3) is 19.1 Å². The SMILES string of the molecule is CCN(c1ccccn1)S(=O)(=O)c1cc(S(=O)(=O)Cl)ccc1Br. The van der Waals surface area contributed by atoms with Gasteiger partial charge in [-0.05, 0) is 53.2 Å². The van der Waals surface area contributed by atoms with Crippen molar-refractivity contribution >= 4 is 51.5 Å². The Hall–Kier alpha value is -1.16. The smallest absolute Gasteiger partial charge is 0.250 e. The molecule has 0 N–H and O–H groups in total. The van der Waals surface area contributed by atoms with Crippen molar-refractivity contribution in [1.82, 2.24) is 4.98 Å². The Labute approximate surface area is 147 Å². The van der Waals surface area contributed by atoms with Crippen LogP contribution < -0.4 is 4.31 Å². The van der Waals surface area contributed by atoms with E-state index in [0.717, 1.165) is 10.4 Å². The Morgan fingerprint density at radius 2 is 1.87 bits per heavy atom. The molecule has 0 aliphatic rings. The first kappa shape index (κ1) is 18.2. The van der Waals surface area contributed by atoms with Gasteiger partial charge in [-0.3, -0.25) is 4.31 Å². The minimum absolute atomic E-state index is 0.129. The zero-order valence-corrected chi connectivity index (χ0v) is 15.8. The van der Waals surface area contributed by atoms with Gasteiger partial charge in [0, 0.05) is 27.9 Å². The van der Waals surface area contributed by atoms with Gasteiger partial charge in [-0.2, -0.15) is 0 Å². The second-order valence-corrected chi connectivity index (χ2v) is 9.64. The molecule has 1 aromatic heterocycles. The first-order chi connectivity index (χ1) is 10.7. The van der Waals surface area contributed by atoms with Crippen LogP contribution in [0.5, 0.6) is 0 Å². The fourth-order valence-corrected chi connectivity index (χ4v) is 5.14. The highest BCUT2D eigenvalue weighted by molar-refractivity contribution is 9.10. The van der Waals surface area contributed by atoms with E-state index in [4.69, 9.17) is 10.7 Å². The molecule has 0 saturated carbocycles. The number of anilines is 1. The first-order valence-electron chi connectivity index (χ1n) is 6.36. The molecule has 0 bridgehead atoms. The lowest BCUT2D eigenvalue weighted by Crippen LogP contribution is -2.31. The summed E-state index contributed by atoms with van der Waals surface area (Å²) >= 11 is 3.14. The minimum atomic E-state index is -4.05. The van der Waals surface area contributed by atoms with Crippen LogP contribution in [0.15, 0.2) is 56.9 Å². The van der Waals surface area contributed by atoms with Crippen molar-refractivity contribution in [2.45, 2.75) is 16.7 Å². The van der Waals surface area contributed by atoms with Gasteiger partial charge in [-0.25, -0.2) is 21.8 Å². The molecule has 0 aliphatic heterocycles. The third-order valence-corrected chi connectivity index (χ3v) is 7.17. The zero-order valence-electron chi connectivity index (χ0n) is 11.8. The van der Waals surface area contributed by atoms with E-state index in [0.29, 0.717) is 0 Å². The molecule has 0 fully saturated rings. The van der Waals surface area contributed by atoms with Gasteiger partial charge in [0.05, 0.1) is 4.90 Å². The molecule has 0 unspecified atom stereocenters.